The third-order valence-electron chi connectivity index (χ3n) is 6.20. The summed E-state index contributed by atoms with van der Waals surface area (Å²) in [6, 6.07) is 20.5. The van der Waals surface area contributed by atoms with Crippen LogP contribution in [0.5, 0.6) is 0 Å². The third-order valence-corrected chi connectivity index (χ3v) is 7.25. The zero-order valence-electron chi connectivity index (χ0n) is 19.8. The molecule has 1 aliphatic rings. The monoisotopic (exact) mass is 483 g/mol. The fraction of sp³-hybridized carbons (Fsp3) is 0.250. The van der Waals surface area contributed by atoms with Crippen LogP contribution in [0.4, 0.5) is 5.69 Å². The maximum absolute atomic E-state index is 13.1. The molecule has 35 heavy (non-hydrogen) atoms. The molecule has 1 unspecified atom stereocenters. The summed E-state index contributed by atoms with van der Waals surface area (Å²) in [5, 5.41) is 3.52. The summed E-state index contributed by atoms with van der Waals surface area (Å²) in [7, 11) is 0. The van der Waals surface area contributed by atoms with Crippen molar-refractivity contribution in [1.29, 1.82) is 0 Å². The van der Waals surface area contributed by atoms with Gasteiger partial charge >= 0.3 is 0 Å². The predicted octanol–water partition coefficient (Wildman–Crippen LogP) is 5.36. The minimum atomic E-state index is -0.206. The summed E-state index contributed by atoms with van der Waals surface area (Å²) >= 11 is 1.39. The molecule has 2 aromatic carbocycles. The summed E-state index contributed by atoms with van der Waals surface area (Å²) in [6.07, 6.45) is 5.82. The topological polar surface area (TPSA) is 84.1 Å². The highest BCUT2D eigenvalue weighted by Crippen LogP contribution is 2.29. The Kier molecular flexibility index (Phi) is 6.99. The summed E-state index contributed by atoms with van der Waals surface area (Å²) in [4.78, 5) is 25.3. The highest BCUT2D eigenvalue weighted by Gasteiger charge is 2.18. The van der Waals surface area contributed by atoms with Gasteiger partial charge in [0, 0.05) is 48.5 Å². The summed E-state index contributed by atoms with van der Waals surface area (Å²) in [5.74, 6) is -0.206. The maximum atomic E-state index is 13.1. The van der Waals surface area contributed by atoms with Gasteiger partial charge in [0.05, 0.1) is 4.88 Å². The Morgan fingerprint density at radius 2 is 1.91 bits per heavy atom. The zero-order chi connectivity index (χ0) is 24.2. The van der Waals surface area contributed by atoms with Gasteiger partial charge in [0.2, 0.25) is 0 Å². The van der Waals surface area contributed by atoms with E-state index >= 15 is 0 Å². The molecule has 178 valence electrons. The van der Waals surface area contributed by atoms with E-state index in [-0.39, 0.29) is 11.9 Å². The number of thiazole rings is 1. The van der Waals surface area contributed by atoms with E-state index in [9.17, 15) is 4.79 Å². The molecule has 1 fully saturated rings. The minimum Gasteiger partial charge on any atom is -0.327 e. The van der Waals surface area contributed by atoms with Crippen LogP contribution in [0.2, 0.25) is 0 Å². The first kappa shape index (κ1) is 23.4. The van der Waals surface area contributed by atoms with E-state index in [4.69, 9.17) is 5.73 Å². The van der Waals surface area contributed by atoms with Crippen LogP contribution in [0.15, 0.2) is 73.1 Å². The molecule has 1 amide bonds. The van der Waals surface area contributed by atoms with E-state index in [0.29, 0.717) is 5.01 Å². The summed E-state index contributed by atoms with van der Waals surface area (Å²) in [5.41, 5.74) is 12.2. The lowest BCUT2D eigenvalue weighted by atomic mass is 10.0. The van der Waals surface area contributed by atoms with Gasteiger partial charge in [0.15, 0.2) is 5.01 Å². The van der Waals surface area contributed by atoms with Crippen molar-refractivity contribution in [2.45, 2.75) is 32.4 Å². The number of aryl methyl sites for hydroxylation is 1. The van der Waals surface area contributed by atoms with Crippen molar-refractivity contribution in [3.63, 3.8) is 0 Å². The average molecular weight is 484 g/mol. The number of piperidine rings is 1. The lowest BCUT2D eigenvalue weighted by molar-refractivity contribution is 0.102. The standard InChI is InChI=1S/C28H29N5OS/c1-19-9-10-22(15-30-19)23-12-20(17-33-11-5-8-24(29)18-33)13-25(14-23)32-27(34)28-31-16-26(35-28)21-6-3-2-4-7-21/h2-4,6-7,9-10,12-16,24H,5,8,11,17-18,29H2,1H3,(H,32,34). The fourth-order valence-corrected chi connectivity index (χ4v) is 5.27. The van der Waals surface area contributed by atoms with Crippen molar-refractivity contribution in [2.75, 3.05) is 18.4 Å². The second-order valence-corrected chi connectivity index (χ2v) is 10.1. The van der Waals surface area contributed by atoms with Crippen molar-refractivity contribution < 1.29 is 4.79 Å². The molecule has 5 rings (SSSR count). The van der Waals surface area contributed by atoms with E-state index in [1.165, 1.54) is 11.3 Å². The number of pyridine rings is 1. The van der Waals surface area contributed by atoms with E-state index in [0.717, 1.165) is 71.0 Å². The largest absolute Gasteiger partial charge is 0.327 e. The van der Waals surface area contributed by atoms with Crippen molar-refractivity contribution in [3.05, 3.63) is 89.3 Å². The first-order valence-electron chi connectivity index (χ1n) is 11.9. The number of hydrogen-bond donors (Lipinski definition) is 2. The quantitative estimate of drug-likeness (QED) is 0.386. The van der Waals surface area contributed by atoms with Gasteiger partial charge in [-0.3, -0.25) is 14.7 Å². The molecule has 4 aromatic rings. The Hall–Kier alpha value is -3.39. The molecule has 3 N–H and O–H groups in total. The number of rotatable bonds is 6. The molecule has 0 spiro atoms. The number of carbonyl (C=O) groups is 1. The van der Waals surface area contributed by atoms with Crippen molar-refractivity contribution in [3.8, 4) is 21.6 Å². The molecule has 3 heterocycles. The highest BCUT2D eigenvalue weighted by atomic mass is 32.1. The molecule has 6 nitrogen and oxygen atoms in total. The number of likely N-dealkylation sites (tertiary alicyclic amines) is 1. The van der Waals surface area contributed by atoms with Crippen LogP contribution in [0.3, 0.4) is 0 Å². The second-order valence-electron chi connectivity index (χ2n) is 9.09. The number of hydrogen-bond acceptors (Lipinski definition) is 6. The van der Waals surface area contributed by atoms with Gasteiger partial charge in [-0.1, -0.05) is 36.4 Å². The van der Waals surface area contributed by atoms with Crippen LogP contribution in [-0.2, 0) is 6.54 Å². The first-order valence-corrected chi connectivity index (χ1v) is 12.7. The molecule has 7 heteroatoms. The molecule has 1 atom stereocenters. The van der Waals surface area contributed by atoms with Crippen molar-refractivity contribution in [1.82, 2.24) is 14.9 Å². The van der Waals surface area contributed by atoms with Crippen LogP contribution in [0, 0.1) is 6.92 Å². The smallest absolute Gasteiger partial charge is 0.284 e. The van der Waals surface area contributed by atoms with E-state index in [1.54, 1.807) is 6.20 Å². The predicted molar refractivity (Wildman–Crippen MR) is 142 cm³/mol. The summed E-state index contributed by atoms with van der Waals surface area (Å²) < 4.78 is 0. The Morgan fingerprint density at radius 3 is 2.69 bits per heavy atom. The average Bonchev–Trinajstić information content (AvgIpc) is 3.36. The molecule has 0 radical (unpaired) electrons. The maximum Gasteiger partial charge on any atom is 0.284 e. The number of benzene rings is 2. The number of amides is 1. The number of nitrogens with one attached hydrogen (secondary N) is 1. The van der Waals surface area contributed by atoms with Crippen molar-refractivity contribution >= 4 is 22.9 Å². The Morgan fingerprint density at radius 1 is 1.06 bits per heavy atom. The molecule has 0 saturated carbocycles. The molecular formula is C28H29N5OS. The Balaban J connectivity index is 1.41. The van der Waals surface area contributed by atoms with E-state index in [2.05, 4.69) is 38.4 Å². The van der Waals surface area contributed by atoms with Gasteiger partial charge in [0.1, 0.15) is 0 Å². The first-order chi connectivity index (χ1) is 17.0. The highest BCUT2D eigenvalue weighted by molar-refractivity contribution is 7.17. The summed E-state index contributed by atoms with van der Waals surface area (Å²) in [6.45, 7) is 4.69. The fourth-order valence-electron chi connectivity index (χ4n) is 4.45. The number of nitrogens with zero attached hydrogens (tertiary/aromatic N) is 3. The van der Waals surface area contributed by atoms with Crippen LogP contribution < -0.4 is 11.1 Å². The third kappa shape index (κ3) is 5.82. The zero-order valence-corrected chi connectivity index (χ0v) is 20.6. The SMILES string of the molecule is Cc1ccc(-c2cc(CN3CCCC(N)C3)cc(NC(=O)c3ncc(-c4ccccc4)s3)c2)cn1. The van der Waals surface area contributed by atoms with Crippen LogP contribution in [0.25, 0.3) is 21.6 Å². The second kappa shape index (κ2) is 10.5. The molecule has 0 bridgehead atoms. The lowest BCUT2D eigenvalue weighted by Crippen LogP contribution is -2.42. The minimum absolute atomic E-state index is 0.206. The Labute approximate surface area is 209 Å². The van der Waals surface area contributed by atoms with E-state index < -0.39 is 0 Å². The Bertz CT molecular complexity index is 1300. The van der Waals surface area contributed by atoms with Gasteiger partial charge < -0.3 is 11.1 Å². The lowest BCUT2D eigenvalue weighted by Gasteiger charge is -2.30. The van der Waals surface area contributed by atoms with Gasteiger partial charge in [-0.2, -0.15) is 0 Å². The molecular weight excluding hydrogens is 454 g/mol. The van der Waals surface area contributed by atoms with Gasteiger partial charge in [-0.25, -0.2) is 4.98 Å². The number of nitrogens with two attached hydrogens (primary N) is 1. The molecule has 2 aromatic heterocycles. The van der Waals surface area contributed by atoms with Gasteiger partial charge in [0.25, 0.3) is 5.91 Å². The number of aromatic nitrogens is 2. The van der Waals surface area contributed by atoms with Gasteiger partial charge in [-0.05, 0) is 67.3 Å². The van der Waals surface area contributed by atoms with Gasteiger partial charge in [-0.15, -0.1) is 11.3 Å². The molecule has 1 saturated heterocycles. The van der Waals surface area contributed by atoms with Crippen LogP contribution >= 0.6 is 11.3 Å². The normalized spacial score (nSPS) is 16.2. The number of carbonyl (C=O) groups excluding carboxylic acids is 1. The molecule has 1 aliphatic heterocycles. The molecule has 0 aliphatic carbocycles. The van der Waals surface area contributed by atoms with Crippen LogP contribution in [0.1, 0.15) is 33.9 Å². The van der Waals surface area contributed by atoms with E-state index in [1.807, 2.05) is 55.6 Å². The van der Waals surface area contributed by atoms with Crippen LogP contribution in [-0.4, -0.2) is 39.9 Å². The van der Waals surface area contributed by atoms with Crippen molar-refractivity contribution in [2.24, 2.45) is 5.73 Å². The number of anilines is 1.